The number of hydrogen-bond donors (Lipinski definition) is 2. The van der Waals surface area contributed by atoms with E-state index >= 15 is 0 Å². The topological polar surface area (TPSA) is 86.7 Å². The number of guanidine groups is 1. The molecule has 2 aliphatic carbocycles. The first-order chi connectivity index (χ1) is 14.0. The fourth-order valence-electron chi connectivity index (χ4n) is 4.70. The third kappa shape index (κ3) is 3.82. The van der Waals surface area contributed by atoms with Crippen molar-refractivity contribution in [2.75, 3.05) is 26.7 Å². The molecule has 1 saturated carbocycles. The lowest BCUT2D eigenvalue weighted by molar-refractivity contribution is -0.140. The van der Waals surface area contributed by atoms with Gasteiger partial charge in [0.2, 0.25) is 11.8 Å². The maximum atomic E-state index is 12.7. The van der Waals surface area contributed by atoms with E-state index in [1.807, 2.05) is 0 Å². The lowest BCUT2D eigenvalue weighted by Crippen LogP contribution is -2.44. The normalized spacial score (nSPS) is 28.0. The Bertz CT molecular complexity index is 816. The first-order valence-corrected chi connectivity index (χ1v) is 11.3. The van der Waals surface area contributed by atoms with Gasteiger partial charge in [-0.05, 0) is 18.3 Å². The number of imide groups is 1. The maximum absolute atomic E-state index is 12.7. The number of likely N-dealkylation sites (tertiary alicyclic amines) is 1. The molecule has 0 radical (unpaired) electrons. The van der Waals surface area contributed by atoms with Crippen LogP contribution in [0.15, 0.2) is 22.5 Å². The van der Waals surface area contributed by atoms with E-state index in [1.165, 1.54) is 4.90 Å². The quantitative estimate of drug-likeness (QED) is 0.307. The van der Waals surface area contributed by atoms with Crippen LogP contribution in [0.4, 0.5) is 0 Å². The van der Waals surface area contributed by atoms with E-state index < -0.39 is 0 Å². The standard InChI is InChI=1S/C21H29N5O2S/c1-12(2)18-25-15(11-29-18)6-7-23-21(22-3)24-8-9-26-19(27)16-13-4-5-14(10-13)17(16)20(26)28/h4-5,11-14,16-17H,6-10H2,1-3H3,(H2,22,23,24). The Morgan fingerprint density at radius 1 is 1.21 bits per heavy atom. The van der Waals surface area contributed by atoms with Crippen LogP contribution in [0.3, 0.4) is 0 Å². The van der Waals surface area contributed by atoms with E-state index in [9.17, 15) is 9.59 Å². The summed E-state index contributed by atoms with van der Waals surface area (Å²) < 4.78 is 0. The number of nitrogens with one attached hydrogen (secondary N) is 2. The number of carbonyl (C=O) groups is 2. The zero-order chi connectivity index (χ0) is 20.5. The molecule has 3 aliphatic rings. The van der Waals surface area contributed by atoms with Gasteiger partial charge in [-0.25, -0.2) is 4.98 Å². The second-order valence-electron chi connectivity index (χ2n) is 8.34. The molecule has 0 spiro atoms. The van der Waals surface area contributed by atoms with Gasteiger partial charge in [-0.1, -0.05) is 26.0 Å². The Balaban J connectivity index is 1.21. The maximum Gasteiger partial charge on any atom is 0.233 e. The summed E-state index contributed by atoms with van der Waals surface area (Å²) in [5.74, 6) is 1.42. The largest absolute Gasteiger partial charge is 0.356 e. The van der Waals surface area contributed by atoms with Crippen LogP contribution >= 0.6 is 11.3 Å². The van der Waals surface area contributed by atoms with Gasteiger partial charge in [0, 0.05) is 44.4 Å². The second kappa shape index (κ2) is 8.26. The number of aromatic nitrogens is 1. The van der Waals surface area contributed by atoms with Crippen molar-refractivity contribution < 1.29 is 9.59 Å². The molecule has 7 nitrogen and oxygen atoms in total. The summed E-state index contributed by atoms with van der Waals surface area (Å²) in [5, 5.41) is 9.75. The fraction of sp³-hybridized carbons (Fsp3) is 0.619. The Kier molecular flexibility index (Phi) is 5.72. The van der Waals surface area contributed by atoms with E-state index in [2.05, 4.69) is 52.0 Å². The molecule has 4 unspecified atom stereocenters. The summed E-state index contributed by atoms with van der Waals surface area (Å²) in [7, 11) is 1.72. The van der Waals surface area contributed by atoms with Gasteiger partial charge in [-0.3, -0.25) is 19.5 Å². The second-order valence-corrected chi connectivity index (χ2v) is 9.23. The van der Waals surface area contributed by atoms with Crippen molar-refractivity contribution in [3.05, 3.63) is 28.2 Å². The van der Waals surface area contributed by atoms with Gasteiger partial charge in [0.05, 0.1) is 22.5 Å². The minimum Gasteiger partial charge on any atom is -0.356 e. The number of fused-ring (bicyclic) bond motifs is 5. The van der Waals surface area contributed by atoms with Crippen molar-refractivity contribution in [3.63, 3.8) is 0 Å². The zero-order valence-corrected chi connectivity index (χ0v) is 18.0. The number of carbonyl (C=O) groups excluding carboxylic acids is 2. The molecule has 2 heterocycles. The van der Waals surface area contributed by atoms with Gasteiger partial charge in [0.25, 0.3) is 0 Å². The lowest BCUT2D eigenvalue weighted by atomic mass is 9.85. The molecule has 29 heavy (non-hydrogen) atoms. The van der Waals surface area contributed by atoms with Crippen LogP contribution in [0.5, 0.6) is 0 Å². The number of rotatable bonds is 7. The van der Waals surface area contributed by atoms with Crippen LogP contribution < -0.4 is 10.6 Å². The first-order valence-electron chi connectivity index (χ1n) is 10.4. The average molecular weight is 416 g/mol. The van der Waals surface area contributed by atoms with E-state index in [4.69, 9.17) is 0 Å². The Labute approximate surface area is 175 Å². The minimum atomic E-state index is -0.122. The van der Waals surface area contributed by atoms with Crippen LogP contribution in [-0.2, 0) is 16.0 Å². The molecule has 0 aromatic carbocycles. The molecule has 1 aliphatic heterocycles. The van der Waals surface area contributed by atoms with Gasteiger partial charge in [-0.15, -0.1) is 11.3 Å². The highest BCUT2D eigenvalue weighted by Gasteiger charge is 2.58. The van der Waals surface area contributed by atoms with E-state index in [0.717, 1.165) is 30.1 Å². The fourth-order valence-corrected chi connectivity index (χ4v) is 5.57. The van der Waals surface area contributed by atoms with Gasteiger partial charge in [0.1, 0.15) is 0 Å². The molecule has 8 heteroatoms. The molecule has 2 N–H and O–H groups in total. The Morgan fingerprint density at radius 3 is 2.45 bits per heavy atom. The molecule has 2 bridgehead atoms. The van der Waals surface area contributed by atoms with Crippen LogP contribution in [0, 0.1) is 23.7 Å². The van der Waals surface area contributed by atoms with Crippen molar-refractivity contribution in [1.82, 2.24) is 20.5 Å². The van der Waals surface area contributed by atoms with Gasteiger partial charge in [0.15, 0.2) is 5.96 Å². The van der Waals surface area contributed by atoms with Crippen molar-refractivity contribution in [2.45, 2.75) is 32.6 Å². The summed E-state index contributed by atoms with van der Waals surface area (Å²) in [5.41, 5.74) is 1.09. The predicted molar refractivity (Wildman–Crippen MR) is 114 cm³/mol. The minimum absolute atomic E-state index is 0.00563. The molecular formula is C21H29N5O2S. The highest BCUT2D eigenvalue weighted by Crippen LogP contribution is 2.52. The third-order valence-electron chi connectivity index (χ3n) is 6.15. The number of aliphatic imine (C=N–C) groups is 1. The molecule has 4 atom stereocenters. The summed E-state index contributed by atoms with van der Waals surface area (Å²) in [4.78, 5) is 35.7. The molecule has 2 amide bonds. The molecule has 1 aromatic rings. The summed E-state index contributed by atoms with van der Waals surface area (Å²) in [6.07, 6.45) is 6.03. The first kappa shape index (κ1) is 20.1. The number of thiazole rings is 1. The number of nitrogens with zero attached hydrogens (tertiary/aromatic N) is 3. The van der Waals surface area contributed by atoms with E-state index in [-0.39, 0.29) is 35.5 Å². The highest BCUT2D eigenvalue weighted by molar-refractivity contribution is 7.09. The predicted octanol–water partition coefficient (Wildman–Crippen LogP) is 1.78. The molecule has 1 aromatic heterocycles. The monoisotopic (exact) mass is 415 g/mol. The lowest BCUT2D eigenvalue weighted by Gasteiger charge is -2.18. The third-order valence-corrected chi connectivity index (χ3v) is 7.34. The van der Waals surface area contributed by atoms with Gasteiger partial charge in [-0.2, -0.15) is 0 Å². The Morgan fingerprint density at radius 2 is 1.86 bits per heavy atom. The smallest absolute Gasteiger partial charge is 0.233 e. The van der Waals surface area contributed by atoms with E-state index in [0.29, 0.717) is 25.0 Å². The van der Waals surface area contributed by atoms with Crippen molar-refractivity contribution >= 4 is 29.1 Å². The average Bonchev–Trinajstić information content (AvgIpc) is 3.47. The van der Waals surface area contributed by atoms with Gasteiger partial charge >= 0.3 is 0 Å². The van der Waals surface area contributed by atoms with Gasteiger partial charge < -0.3 is 10.6 Å². The summed E-state index contributed by atoms with van der Waals surface area (Å²) in [6, 6.07) is 0. The van der Waals surface area contributed by atoms with Crippen molar-refractivity contribution in [2.24, 2.45) is 28.7 Å². The van der Waals surface area contributed by atoms with Crippen LogP contribution in [-0.4, -0.2) is 54.3 Å². The summed E-state index contributed by atoms with van der Waals surface area (Å²) >= 11 is 1.70. The number of hydrogen-bond acceptors (Lipinski definition) is 5. The van der Waals surface area contributed by atoms with Crippen LogP contribution in [0.1, 0.15) is 36.9 Å². The van der Waals surface area contributed by atoms with E-state index in [1.54, 1.807) is 18.4 Å². The molecule has 1 saturated heterocycles. The molecule has 4 rings (SSSR count). The highest BCUT2D eigenvalue weighted by atomic mass is 32.1. The Hall–Kier alpha value is -2.22. The molecule has 2 fully saturated rings. The van der Waals surface area contributed by atoms with Crippen molar-refractivity contribution in [1.29, 1.82) is 0 Å². The number of amides is 2. The van der Waals surface area contributed by atoms with Crippen LogP contribution in [0.2, 0.25) is 0 Å². The zero-order valence-electron chi connectivity index (χ0n) is 17.2. The molecular weight excluding hydrogens is 386 g/mol. The van der Waals surface area contributed by atoms with Crippen LogP contribution in [0.25, 0.3) is 0 Å². The number of allylic oxidation sites excluding steroid dienone is 2. The summed E-state index contributed by atoms with van der Waals surface area (Å²) in [6.45, 7) is 5.90. The molecule has 156 valence electrons. The van der Waals surface area contributed by atoms with Crippen molar-refractivity contribution in [3.8, 4) is 0 Å². The SMILES string of the molecule is CN=C(NCCc1csc(C(C)C)n1)NCCN1C(=O)C2C3C=CC(C3)C2C1=O.